The van der Waals surface area contributed by atoms with Gasteiger partial charge in [-0.3, -0.25) is 0 Å². The van der Waals surface area contributed by atoms with Crippen LogP contribution in [0.3, 0.4) is 0 Å². The van der Waals surface area contributed by atoms with Crippen molar-refractivity contribution >= 4 is 6.34 Å². The molecule has 0 saturated heterocycles. The van der Waals surface area contributed by atoms with E-state index in [9.17, 15) is 0 Å². The third kappa shape index (κ3) is 4.95. The first kappa shape index (κ1) is 6.95. The van der Waals surface area contributed by atoms with Gasteiger partial charge in [-0.15, -0.1) is 0 Å². The molecule has 0 saturated carbocycles. The first-order valence-electron chi connectivity index (χ1n) is 2.41. The second-order valence-corrected chi connectivity index (χ2v) is 1.13. The summed E-state index contributed by atoms with van der Waals surface area (Å²) in [6.07, 6.45) is 6.66. The Morgan fingerprint density at radius 2 is 2.38 bits per heavy atom. The monoisotopic (exact) mass is 110 g/mol. The van der Waals surface area contributed by atoms with Crippen molar-refractivity contribution in [3.63, 3.8) is 0 Å². The third-order valence-electron chi connectivity index (χ3n) is 0.502. The fourth-order valence-electron chi connectivity index (χ4n) is 0.225. The summed E-state index contributed by atoms with van der Waals surface area (Å²) in [6, 6.07) is 0. The van der Waals surface area contributed by atoms with E-state index in [2.05, 4.69) is 16.9 Å². The van der Waals surface area contributed by atoms with Crippen molar-refractivity contribution in [3.8, 4) is 0 Å². The summed E-state index contributed by atoms with van der Waals surface area (Å²) >= 11 is 0. The summed E-state index contributed by atoms with van der Waals surface area (Å²) in [4.78, 5) is 3.79. The highest BCUT2D eigenvalue weighted by atomic mass is 14.9. The summed E-state index contributed by atoms with van der Waals surface area (Å²) in [5, 5.41) is 2.70. The molecule has 0 aromatic rings. The van der Waals surface area contributed by atoms with E-state index < -0.39 is 0 Å². The summed E-state index contributed by atoms with van der Waals surface area (Å²) in [6.45, 7) is 5.34. The van der Waals surface area contributed by atoms with Gasteiger partial charge in [-0.2, -0.15) is 0 Å². The van der Waals surface area contributed by atoms with E-state index in [0.717, 1.165) is 0 Å². The molecule has 2 heteroatoms. The Labute approximate surface area is 49.6 Å². The zero-order chi connectivity index (χ0) is 6.24. The maximum Gasteiger partial charge on any atom is 0.0918 e. The minimum absolute atomic E-state index is 1.56. The van der Waals surface area contributed by atoms with Crippen LogP contribution < -0.4 is 5.32 Å². The van der Waals surface area contributed by atoms with Gasteiger partial charge in [0.15, 0.2) is 0 Å². The van der Waals surface area contributed by atoms with Crippen LogP contribution in [-0.4, -0.2) is 6.34 Å². The first-order valence-corrected chi connectivity index (χ1v) is 2.41. The quantitative estimate of drug-likeness (QED) is 0.429. The van der Waals surface area contributed by atoms with Crippen LogP contribution in [0.15, 0.2) is 30.0 Å². The predicted octanol–water partition coefficient (Wildman–Crippen LogP) is 1.28. The van der Waals surface area contributed by atoms with Crippen molar-refractivity contribution in [1.29, 1.82) is 0 Å². The van der Waals surface area contributed by atoms with Crippen molar-refractivity contribution in [2.75, 3.05) is 0 Å². The van der Waals surface area contributed by atoms with Gasteiger partial charge in [0.25, 0.3) is 0 Å². The number of nitrogens with zero attached hydrogens (tertiary/aromatic N) is 1. The SMILES string of the molecule is C=CNC=N/C=C/C. The van der Waals surface area contributed by atoms with Gasteiger partial charge in [-0.05, 0) is 13.1 Å². The highest BCUT2D eigenvalue weighted by Crippen LogP contribution is 1.67. The Hall–Kier alpha value is -1.05. The fraction of sp³-hybridized carbons (Fsp3) is 0.167. The maximum atomic E-state index is 3.79. The molecule has 0 aliphatic heterocycles. The molecular formula is C6H10N2. The van der Waals surface area contributed by atoms with Crippen LogP contribution in [0.2, 0.25) is 0 Å². The fourth-order valence-corrected chi connectivity index (χ4v) is 0.225. The van der Waals surface area contributed by atoms with E-state index in [-0.39, 0.29) is 0 Å². The van der Waals surface area contributed by atoms with E-state index >= 15 is 0 Å². The van der Waals surface area contributed by atoms with Gasteiger partial charge >= 0.3 is 0 Å². The largest absolute Gasteiger partial charge is 0.353 e. The van der Waals surface area contributed by atoms with E-state index in [1.165, 1.54) is 0 Å². The molecular weight excluding hydrogens is 100 g/mol. The smallest absolute Gasteiger partial charge is 0.0918 e. The molecule has 0 fully saturated rings. The average Bonchev–Trinajstić information content (AvgIpc) is 1.81. The molecule has 0 atom stereocenters. The molecule has 0 aliphatic rings. The Morgan fingerprint density at radius 3 is 2.88 bits per heavy atom. The molecule has 8 heavy (non-hydrogen) atoms. The third-order valence-corrected chi connectivity index (χ3v) is 0.502. The van der Waals surface area contributed by atoms with Gasteiger partial charge < -0.3 is 5.32 Å². The molecule has 0 radical (unpaired) electrons. The number of hydrogen-bond donors (Lipinski definition) is 1. The summed E-state index contributed by atoms with van der Waals surface area (Å²) in [5.41, 5.74) is 0. The molecule has 0 rings (SSSR count). The lowest BCUT2D eigenvalue weighted by Gasteiger charge is -1.80. The summed E-state index contributed by atoms with van der Waals surface area (Å²) < 4.78 is 0. The van der Waals surface area contributed by atoms with E-state index in [1.807, 2.05) is 13.0 Å². The number of nitrogens with one attached hydrogen (secondary N) is 1. The molecule has 0 aromatic carbocycles. The second kappa shape index (κ2) is 5.95. The van der Waals surface area contributed by atoms with Crippen molar-refractivity contribution < 1.29 is 0 Å². The molecule has 0 aliphatic carbocycles. The van der Waals surface area contributed by atoms with Crippen LogP contribution in [0.25, 0.3) is 0 Å². The van der Waals surface area contributed by atoms with Crippen molar-refractivity contribution in [1.82, 2.24) is 5.32 Å². The molecule has 0 spiro atoms. The van der Waals surface area contributed by atoms with Gasteiger partial charge in [-0.25, -0.2) is 4.99 Å². The Morgan fingerprint density at radius 1 is 1.62 bits per heavy atom. The number of hydrogen-bond acceptors (Lipinski definition) is 1. The zero-order valence-corrected chi connectivity index (χ0v) is 4.96. The molecule has 0 heterocycles. The van der Waals surface area contributed by atoms with Crippen LogP contribution in [0.1, 0.15) is 6.92 Å². The second-order valence-electron chi connectivity index (χ2n) is 1.13. The van der Waals surface area contributed by atoms with Crippen molar-refractivity contribution in [3.05, 3.63) is 25.1 Å². The minimum atomic E-state index is 1.56. The maximum absolute atomic E-state index is 3.79. The van der Waals surface area contributed by atoms with Gasteiger partial charge in [0, 0.05) is 6.20 Å². The number of aliphatic imine (C=N–C) groups is 1. The molecule has 1 N–H and O–H groups in total. The van der Waals surface area contributed by atoms with Gasteiger partial charge in [0.1, 0.15) is 0 Å². The van der Waals surface area contributed by atoms with Gasteiger partial charge in [-0.1, -0.05) is 12.7 Å². The minimum Gasteiger partial charge on any atom is -0.353 e. The van der Waals surface area contributed by atoms with E-state index in [0.29, 0.717) is 0 Å². The lowest BCUT2D eigenvalue weighted by Crippen LogP contribution is -1.97. The van der Waals surface area contributed by atoms with E-state index in [1.54, 1.807) is 18.7 Å². The molecule has 2 nitrogen and oxygen atoms in total. The number of rotatable bonds is 3. The van der Waals surface area contributed by atoms with Crippen LogP contribution >= 0.6 is 0 Å². The van der Waals surface area contributed by atoms with Gasteiger partial charge in [0.05, 0.1) is 6.34 Å². The lowest BCUT2D eigenvalue weighted by atomic mass is 10.7. The van der Waals surface area contributed by atoms with Gasteiger partial charge in [0.2, 0.25) is 0 Å². The standard InChI is InChI=1S/C6H10N2/c1-3-5-8-6-7-4-2/h3-6H,2H2,1H3,(H,7,8)/b5-3+. The Balaban J connectivity index is 3.19. The predicted molar refractivity (Wildman–Crippen MR) is 36.6 cm³/mol. The lowest BCUT2D eigenvalue weighted by molar-refractivity contribution is 1.31. The molecule has 0 aromatic heterocycles. The summed E-state index contributed by atoms with van der Waals surface area (Å²) in [7, 11) is 0. The van der Waals surface area contributed by atoms with Crippen LogP contribution in [0.4, 0.5) is 0 Å². The Kier molecular flexibility index (Phi) is 5.17. The average molecular weight is 110 g/mol. The number of allylic oxidation sites excluding steroid dienone is 1. The normalized spacial score (nSPS) is 10.6. The van der Waals surface area contributed by atoms with Crippen LogP contribution in [0, 0.1) is 0 Å². The van der Waals surface area contributed by atoms with Crippen molar-refractivity contribution in [2.45, 2.75) is 6.92 Å². The van der Waals surface area contributed by atoms with Crippen molar-refractivity contribution in [2.24, 2.45) is 4.99 Å². The Bertz CT molecular complexity index is 103. The highest BCUT2D eigenvalue weighted by molar-refractivity contribution is 5.56. The van der Waals surface area contributed by atoms with E-state index in [4.69, 9.17) is 0 Å². The first-order chi connectivity index (χ1) is 3.91. The van der Waals surface area contributed by atoms with Crippen LogP contribution in [0.5, 0.6) is 0 Å². The van der Waals surface area contributed by atoms with Crippen LogP contribution in [-0.2, 0) is 0 Å². The zero-order valence-electron chi connectivity index (χ0n) is 4.96. The molecule has 44 valence electrons. The molecule has 0 amide bonds. The molecule has 0 bridgehead atoms. The molecule has 0 unspecified atom stereocenters. The topological polar surface area (TPSA) is 24.4 Å². The highest BCUT2D eigenvalue weighted by Gasteiger charge is 1.57. The summed E-state index contributed by atoms with van der Waals surface area (Å²) in [5.74, 6) is 0.